The molecule has 5 heteroatoms. The molecule has 2 aromatic rings. The van der Waals surface area contributed by atoms with Gasteiger partial charge in [0.1, 0.15) is 11.6 Å². The zero-order chi connectivity index (χ0) is 13.1. The number of phenolic OH excluding ortho intramolecular Hbond substituents is 1. The highest BCUT2D eigenvalue weighted by Crippen LogP contribution is 2.24. The van der Waals surface area contributed by atoms with Gasteiger partial charge in [0, 0.05) is 21.6 Å². The molecule has 2 N–H and O–H groups in total. The van der Waals surface area contributed by atoms with Crippen LogP contribution in [-0.2, 0) is 6.54 Å². The van der Waals surface area contributed by atoms with Crippen molar-refractivity contribution in [2.24, 2.45) is 0 Å². The van der Waals surface area contributed by atoms with E-state index in [2.05, 4.69) is 21.2 Å². The van der Waals surface area contributed by atoms with E-state index in [1.54, 1.807) is 24.3 Å². The molecular weight excluding hydrogens is 321 g/mol. The van der Waals surface area contributed by atoms with Gasteiger partial charge in [0.15, 0.2) is 0 Å². The second kappa shape index (κ2) is 5.59. The lowest BCUT2D eigenvalue weighted by atomic mass is 10.2. The van der Waals surface area contributed by atoms with Crippen LogP contribution in [0.4, 0.5) is 10.1 Å². The molecule has 0 spiro atoms. The molecule has 94 valence electrons. The lowest BCUT2D eigenvalue weighted by molar-refractivity contribution is 0.469. The van der Waals surface area contributed by atoms with Crippen molar-refractivity contribution in [1.29, 1.82) is 0 Å². The third-order valence-corrected chi connectivity index (χ3v) is 3.17. The summed E-state index contributed by atoms with van der Waals surface area (Å²) < 4.78 is 14.3. The fourth-order valence-corrected chi connectivity index (χ4v) is 2.07. The highest BCUT2D eigenvalue weighted by molar-refractivity contribution is 9.10. The van der Waals surface area contributed by atoms with Crippen LogP contribution in [0.1, 0.15) is 5.56 Å². The standard InChI is InChI=1S/C13H10BrClFNO/c14-9-1-3-11(16)12(6-9)17-7-8-5-10(15)2-4-13(8)18/h1-6,17-18H,7H2. The first-order valence-electron chi connectivity index (χ1n) is 5.22. The van der Waals surface area contributed by atoms with Crippen molar-refractivity contribution in [3.05, 3.63) is 57.3 Å². The third-order valence-electron chi connectivity index (χ3n) is 2.44. The molecule has 0 aromatic heterocycles. The Hall–Kier alpha value is -1.26. The number of rotatable bonds is 3. The average molecular weight is 331 g/mol. The zero-order valence-corrected chi connectivity index (χ0v) is 11.6. The van der Waals surface area contributed by atoms with Gasteiger partial charge in [0.05, 0.1) is 5.69 Å². The van der Waals surface area contributed by atoms with Crippen molar-refractivity contribution in [3.63, 3.8) is 0 Å². The van der Waals surface area contributed by atoms with Gasteiger partial charge in [-0.3, -0.25) is 0 Å². The van der Waals surface area contributed by atoms with E-state index in [9.17, 15) is 9.50 Å². The summed E-state index contributed by atoms with van der Waals surface area (Å²) in [4.78, 5) is 0. The van der Waals surface area contributed by atoms with E-state index in [4.69, 9.17) is 11.6 Å². The molecular formula is C13H10BrClFNO. The maximum atomic E-state index is 13.5. The number of anilines is 1. The van der Waals surface area contributed by atoms with Gasteiger partial charge in [0.25, 0.3) is 0 Å². The molecule has 2 rings (SSSR count). The summed E-state index contributed by atoms with van der Waals surface area (Å²) >= 11 is 9.11. The second-order valence-electron chi connectivity index (χ2n) is 3.75. The zero-order valence-electron chi connectivity index (χ0n) is 9.25. The summed E-state index contributed by atoms with van der Waals surface area (Å²) in [6.07, 6.45) is 0. The van der Waals surface area contributed by atoms with Crippen LogP contribution in [0.15, 0.2) is 40.9 Å². The van der Waals surface area contributed by atoms with E-state index < -0.39 is 0 Å². The van der Waals surface area contributed by atoms with Gasteiger partial charge in [-0.1, -0.05) is 27.5 Å². The number of nitrogens with one attached hydrogen (secondary N) is 1. The molecule has 0 radical (unpaired) electrons. The summed E-state index contributed by atoms with van der Waals surface area (Å²) in [5, 5.41) is 13.1. The minimum Gasteiger partial charge on any atom is -0.508 e. The largest absolute Gasteiger partial charge is 0.508 e. The number of phenols is 1. The van der Waals surface area contributed by atoms with Crippen LogP contribution in [0, 0.1) is 5.82 Å². The van der Waals surface area contributed by atoms with E-state index in [-0.39, 0.29) is 11.6 Å². The van der Waals surface area contributed by atoms with Crippen molar-refractivity contribution >= 4 is 33.2 Å². The first kappa shape index (κ1) is 13.2. The molecule has 0 bridgehead atoms. The minimum absolute atomic E-state index is 0.127. The maximum Gasteiger partial charge on any atom is 0.146 e. The Kier molecular flexibility index (Phi) is 4.09. The smallest absolute Gasteiger partial charge is 0.146 e. The predicted octanol–water partition coefficient (Wildman–Crippen LogP) is 4.56. The number of halogens is 3. The number of aromatic hydroxyl groups is 1. The molecule has 0 heterocycles. The van der Waals surface area contributed by atoms with E-state index in [1.807, 2.05) is 0 Å². The van der Waals surface area contributed by atoms with Crippen LogP contribution >= 0.6 is 27.5 Å². The number of benzene rings is 2. The monoisotopic (exact) mass is 329 g/mol. The fraction of sp³-hybridized carbons (Fsp3) is 0.0769. The van der Waals surface area contributed by atoms with Crippen molar-refractivity contribution < 1.29 is 9.50 Å². The molecule has 0 saturated carbocycles. The molecule has 0 unspecified atom stereocenters. The van der Waals surface area contributed by atoms with Gasteiger partial charge in [-0.25, -0.2) is 4.39 Å². The van der Waals surface area contributed by atoms with Gasteiger partial charge in [-0.2, -0.15) is 0 Å². The van der Waals surface area contributed by atoms with E-state index in [0.717, 1.165) is 4.47 Å². The molecule has 0 aliphatic rings. The summed E-state index contributed by atoms with van der Waals surface area (Å²) in [6, 6.07) is 9.37. The first-order valence-corrected chi connectivity index (χ1v) is 6.39. The van der Waals surface area contributed by atoms with Crippen LogP contribution in [0.2, 0.25) is 5.02 Å². The fourth-order valence-electron chi connectivity index (χ4n) is 1.52. The Bertz CT molecular complexity index is 525. The summed E-state index contributed by atoms with van der Waals surface area (Å²) in [7, 11) is 0. The molecule has 0 saturated heterocycles. The average Bonchev–Trinajstić information content (AvgIpc) is 2.34. The van der Waals surface area contributed by atoms with Crippen molar-refractivity contribution in [3.8, 4) is 5.75 Å². The van der Waals surface area contributed by atoms with Crippen LogP contribution < -0.4 is 5.32 Å². The van der Waals surface area contributed by atoms with Crippen molar-refractivity contribution in [2.75, 3.05) is 5.32 Å². The summed E-state index contributed by atoms with van der Waals surface area (Å²) in [5.74, 6) is -0.220. The first-order chi connectivity index (χ1) is 8.56. The molecule has 18 heavy (non-hydrogen) atoms. The Morgan fingerprint density at radius 1 is 1.22 bits per heavy atom. The van der Waals surface area contributed by atoms with Crippen LogP contribution in [0.3, 0.4) is 0 Å². The molecule has 0 fully saturated rings. The number of hydrogen-bond donors (Lipinski definition) is 2. The van der Waals surface area contributed by atoms with Crippen LogP contribution in [-0.4, -0.2) is 5.11 Å². The SMILES string of the molecule is Oc1ccc(Cl)cc1CNc1cc(Br)ccc1F. The third kappa shape index (κ3) is 3.15. The predicted molar refractivity (Wildman–Crippen MR) is 74.5 cm³/mol. The molecule has 0 aliphatic carbocycles. The molecule has 2 aromatic carbocycles. The van der Waals surface area contributed by atoms with Gasteiger partial charge >= 0.3 is 0 Å². The molecule has 0 aliphatic heterocycles. The van der Waals surface area contributed by atoms with E-state index in [1.165, 1.54) is 12.1 Å². The highest BCUT2D eigenvalue weighted by Gasteiger charge is 2.05. The van der Waals surface area contributed by atoms with Crippen LogP contribution in [0.25, 0.3) is 0 Å². The van der Waals surface area contributed by atoms with Crippen molar-refractivity contribution in [1.82, 2.24) is 0 Å². The normalized spacial score (nSPS) is 10.4. The van der Waals surface area contributed by atoms with Crippen LogP contribution in [0.5, 0.6) is 5.75 Å². The van der Waals surface area contributed by atoms with Gasteiger partial charge in [-0.15, -0.1) is 0 Å². The Labute approximate surface area is 118 Å². The van der Waals surface area contributed by atoms with Gasteiger partial charge in [0.2, 0.25) is 0 Å². The minimum atomic E-state index is -0.347. The molecule has 0 amide bonds. The van der Waals surface area contributed by atoms with Gasteiger partial charge < -0.3 is 10.4 Å². The highest BCUT2D eigenvalue weighted by atomic mass is 79.9. The summed E-state index contributed by atoms with van der Waals surface area (Å²) in [6.45, 7) is 0.291. The lowest BCUT2D eigenvalue weighted by Gasteiger charge is -2.09. The lowest BCUT2D eigenvalue weighted by Crippen LogP contribution is -2.01. The Morgan fingerprint density at radius 2 is 2.00 bits per heavy atom. The van der Waals surface area contributed by atoms with E-state index in [0.29, 0.717) is 22.8 Å². The Balaban J connectivity index is 2.16. The quantitative estimate of drug-likeness (QED) is 0.864. The second-order valence-corrected chi connectivity index (χ2v) is 5.10. The van der Waals surface area contributed by atoms with E-state index >= 15 is 0 Å². The maximum absolute atomic E-state index is 13.5. The Morgan fingerprint density at radius 3 is 2.78 bits per heavy atom. The number of hydrogen-bond acceptors (Lipinski definition) is 2. The van der Waals surface area contributed by atoms with Crippen molar-refractivity contribution in [2.45, 2.75) is 6.54 Å². The topological polar surface area (TPSA) is 32.3 Å². The van der Waals surface area contributed by atoms with Gasteiger partial charge in [-0.05, 0) is 36.4 Å². The molecule has 2 nitrogen and oxygen atoms in total. The molecule has 0 atom stereocenters. The summed E-state index contributed by atoms with van der Waals surface area (Å²) in [5.41, 5.74) is 0.977.